The highest BCUT2D eigenvalue weighted by molar-refractivity contribution is 14.1. The smallest absolute Gasteiger partial charge is 0.0674 e. The summed E-state index contributed by atoms with van der Waals surface area (Å²) in [6.07, 6.45) is 0. The van der Waals surface area contributed by atoms with Crippen molar-refractivity contribution < 1.29 is 0 Å². The van der Waals surface area contributed by atoms with Gasteiger partial charge in [-0.05, 0) is 17.7 Å². The van der Waals surface area contributed by atoms with E-state index < -0.39 is 0 Å². The number of alkyl halides is 1. The fourth-order valence-electron chi connectivity index (χ4n) is 0.766. The predicted octanol–water partition coefficient (Wildman–Crippen LogP) is 2.56. The van der Waals surface area contributed by atoms with E-state index in [1.807, 2.05) is 18.2 Å². The second-order valence-corrected chi connectivity index (χ2v) is 3.26. The first-order valence-corrected chi connectivity index (χ1v) is 4.99. The highest BCUT2D eigenvalue weighted by atomic mass is 127. The van der Waals surface area contributed by atoms with Crippen molar-refractivity contribution in [3.8, 4) is 0 Å². The van der Waals surface area contributed by atoms with Crippen LogP contribution < -0.4 is 11.3 Å². The summed E-state index contributed by atoms with van der Waals surface area (Å²) in [5.74, 6) is 5.24. The van der Waals surface area contributed by atoms with Gasteiger partial charge in [0.15, 0.2) is 0 Å². The first-order valence-electron chi connectivity index (χ1n) is 3.09. The molecule has 0 heterocycles. The van der Waals surface area contributed by atoms with E-state index >= 15 is 0 Å². The Hall–Kier alpha value is -0.0000000000000000555. The molecule has 0 aromatic heterocycles. The molecule has 0 aliphatic carbocycles. The molecule has 4 heteroatoms. The third-order valence-electron chi connectivity index (χ3n) is 1.34. The number of nitrogen functional groups attached to an aromatic ring is 1. The van der Waals surface area contributed by atoms with Crippen molar-refractivity contribution >= 4 is 39.9 Å². The van der Waals surface area contributed by atoms with Crippen LogP contribution in [-0.2, 0) is 4.43 Å². The average molecular weight is 283 g/mol. The van der Waals surface area contributed by atoms with Crippen LogP contribution in [-0.4, -0.2) is 0 Å². The second kappa shape index (κ2) is 4.13. The zero-order chi connectivity index (χ0) is 8.27. The Kier molecular flexibility index (Phi) is 3.42. The molecule has 0 aliphatic rings. The van der Waals surface area contributed by atoms with Crippen molar-refractivity contribution in [3.63, 3.8) is 0 Å². The van der Waals surface area contributed by atoms with Crippen molar-refractivity contribution in [1.29, 1.82) is 0 Å². The van der Waals surface area contributed by atoms with Gasteiger partial charge in [-0.2, -0.15) is 0 Å². The molecule has 2 nitrogen and oxygen atoms in total. The molecule has 0 amide bonds. The van der Waals surface area contributed by atoms with Gasteiger partial charge in [0.2, 0.25) is 0 Å². The number of nitrogens with two attached hydrogens (primary N) is 1. The van der Waals surface area contributed by atoms with Gasteiger partial charge in [0.1, 0.15) is 0 Å². The van der Waals surface area contributed by atoms with Crippen LogP contribution in [0.4, 0.5) is 5.69 Å². The second-order valence-electron chi connectivity index (χ2n) is 2.09. The highest BCUT2D eigenvalue weighted by Gasteiger charge is 1.98. The summed E-state index contributed by atoms with van der Waals surface area (Å²) in [4.78, 5) is 0. The van der Waals surface area contributed by atoms with Crippen LogP contribution >= 0.6 is 34.2 Å². The summed E-state index contributed by atoms with van der Waals surface area (Å²) in [5.41, 5.74) is 4.52. The van der Waals surface area contributed by atoms with E-state index in [0.717, 1.165) is 10.1 Å². The van der Waals surface area contributed by atoms with Crippen molar-refractivity contribution in [2.75, 3.05) is 5.43 Å². The average Bonchev–Trinajstić information content (AvgIpc) is 2.05. The molecule has 3 N–H and O–H groups in total. The molecule has 0 unspecified atom stereocenters. The zero-order valence-electron chi connectivity index (χ0n) is 5.77. The van der Waals surface area contributed by atoms with E-state index in [1.54, 1.807) is 0 Å². The molecule has 0 fully saturated rings. The Balaban J connectivity index is 3.02. The molecule has 11 heavy (non-hydrogen) atoms. The van der Waals surface area contributed by atoms with Crippen LogP contribution in [0.3, 0.4) is 0 Å². The van der Waals surface area contributed by atoms with Crippen LogP contribution in [0.5, 0.6) is 0 Å². The standard InChI is InChI=1S/C7H8ClIN2/c8-6-2-1-5(4-9)3-7(6)11-10/h1-3,11H,4,10H2. The van der Waals surface area contributed by atoms with Gasteiger partial charge in [-0.15, -0.1) is 0 Å². The molecule has 0 atom stereocenters. The Morgan fingerprint density at radius 3 is 2.82 bits per heavy atom. The molecule has 1 rings (SSSR count). The van der Waals surface area contributed by atoms with Crippen LogP contribution in [0, 0.1) is 0 Å². The number of nitrogens with one attached hydrogen (secondary N) is 1. The van der Waals surface area contributed by atoms with E-state index in [9.17, 15) is 0 Å². The largest absolute Gasteiger partial charge is 0.323 e. The van der Waals surface area contributed by atoms with Crippen LogP contribution in [0.15, 0.2) is 18.2 Å². The maximum atomic E-state index is 5.81. The minimum absolute atomic E-state index is 0.654. The molecule has 0 radical (unpaired) electrons. The number of halogens is 2. The Morgan fingerprint density at radius 1 is 1.55 bits per heavy atom. The monoisotopic (exact) mass is 282 g/mol. The van der Waals surface area contributed by atoms with Gasteiger partial charge in [0.25, 0.3) is 0 Å². The number of hydrogen-bond acceptors (Lipinski definition) is 2. The Morgan fingerprint density at radius 2 is 2.27 bits per heavy atom. The van der Waals surface area contributed by atoms with E-state index in [1.165, 1.54) is 5.56 Å². The number of anilines is 1. The van der Waals surface area contributed by atoms with Gasteiger partial charge in [-0.1, -0.05) is 40.3 Å². The first kappa shape index (κ1) is 9.09. The van der Waals surface area contributed by atoms with Crippen LogP contribution in [0.2, 0.25) is 5.02 Å². The molecule has 0 aliphatic heterocycles. The maximum absolute atomic E-state index is 5.81. The lowest BCUT2D eigenvalue weighted by Gasteiger charge is -2.03. The molecule has 0 saturated heterocycles. The molecule has 0 spiro atoms. The van der Waals surface area contributed by atoms with E-state index in [2.05, 4.69) is 28.0 Å². The van der Waals surface area contributed by atoms with Crippen molar-refractivity contribution in [2.45, 2.75) is 4.43 Å². The molecule has 60 valence electrons. The van der Waals surface area contributed by atoms with Gasteiger partial charge in [-0.3, -0.25) is 5.84 Å². The maximum Gasteiger partial charge on any atom is 0.0674 e. The summed E-state index contributed by atoms with van der Waals surface area (Å²) in [5, 5.41) is 0.654. The predicted molar refractivity (Wildman–Crippen MR) is 57.0 cm³/mol. The number of benzene rings is 1. The van der Waals surface area contributed by atoms with E-state index in [-0.39, 0.29) is 0 Å². The van der Waals surface area contributed by atoms with E-state index in [4.69, 9.17) is 17.4 Å². The minimum Gasteiger partial charge on any atom is -0.323 e. The Bertz CT molecular complexity index is 252. The van der Waals surface area contributed by atoms with Gasteiger partial charge in [-0.25, -0.2) is 0 Å². The Labute approximate surface area is 84.2 Å². The summed E-state index contributed by atoms with van der Waals surface area (Å²) in [6.45, 7) is 0. The normalized spacial score (nSPS) is 9.73. The SMILES string of the molecule is NNc1cc(CI)ccc1Cl. The molecule has 0 saturated carbocycles. The third-order valence-corrected chi connectivity index (χ3v) is 2.55. The third kappa shape index (κ3) is 2.21. The summed E-state index contributed by atoms with van der Waals surface area (Å²) >= 11 is 8.09. The van der Waals surface area contributed by atoms with Crippen LogP contribution in [0.1, 0.15) is 5.56 Å². The highest BCUT2D eigenvalue weighted by Crippen LogP contribution is 2.22. The van der Waals surface area contributed by atoms with Crippen molar-refractivity contribution in [3.05, 3.63) is 28.8 Å². The number of hydrogen-bond donors (Lipinski definition) is 2. The van der Waals surface area contributed by atoms with Gasteiger partial charge in [0, 0.05) is 4.43 Å². The van der Waals surface area contributed by atoms with E-state index in [0.29, 0.717) is 5.02 Å². The number of hydrazine groups is 1. The zero-order valence-corrected chi connectivity index (χ0v) is 8.69. The lowest BCUT2D eigenvalue weighted by molar-refractivity contribution is 1.33. The van der Waals surface area contributed by atoms with Gasteiger partial charge < -0.3 is 5.43 Å². The quantitative estimate of drug-likeness (QED) is 0.379. The van der Waals surface area contributed by atoms with Crippen LogP contribution in [0.25, 0.3) is 0 Å². The van der Waals surface area contributed by atoms with Crippen molar-refractivity contribution in [2.24, 2.45) is 5.84 Å². The molecule has 0 bridgehead atoms. The lowest BCUT2D eigenvalue weighted by Crippen LogP contribution is -2.07. The fourth-order valence-corrected chi connectivity index (χ4v) is 1.41. The van der Waals surface area contributed by atoms with Gasteiger partial charge in [0.05, 0.1) is 10.7 Å². The first-order chi connectivity index (χ1) is 5.27. The topological polar surface area (TPSA) is 38.0 Å². The fraction of sp³-hybridized carbons (Fsp3) is 0.143. The molecule has 1 aromatic rings. The van der Waals surface area contributed by atoms with Crippen molar-refractivity contribution in [1.82, 2.24) is 0 Å². The number of rotatable bonds is 2. The lowest BCUT2D eigenvalue weighted by atomic mass is 10.2. The molecular formula is C7H8ClIN2. The minimum atomic E-state index is 0.654. The summed E-state index contributed by atoms with van der Waals surface area (Å²) < 4.78 is 0.962. The summed E-state index contributed by atoms with van der Waals surface area (Å²) in [7, 11) is 0. The summed E-state index contributed by atoms with van der Waals surface area (Å²) in [6, 6.07) is 5.76. The molecule has 1 aromatic carbocycles. The van der Waals surface area contributed by atoms with Gasteiger partial charge >= 0.3 is 0 Å². The molecular weight excluding hydrogens is 274 g/mol.